The van der Waals surface area contributed by atoms with Crippen LogP contribution in [-0.2, 0) is 19.2 Å². The van der Waals surface area contributed by atoms with Gasteiger partial charge in [-0.3, -0.25) is 24.2 Å². The lowest BCUT2D eigenvalue weighted by Crippen LogP contribution is -2.31. The Balaban J connectivity index is -0.000000201. The summed E-state index contributed by atoms with van der Waals surface area (Å²) in [6.07, 6.45) is 3.67. The lowest BCUT2D eigenvalue weighted by molar-refractivity contribution is -0.139. The number of nitrogens with zero attached hydrogens (tertiary/aromatic N) is 1. The Hall–Kier alpha value is -3.05. The van der Waals surface area contributed by atoms with Gasteiger partial charge in [0.05, 0.1) is 0 Å². The summed E-state index contributed by atoms with van der Waals surface area (Å²) in [4.78, 5) is 43.7. The number of nitrogens with two attached hydrogens (primary N) is 7. The van der Waals surface area contributed by atoms with Gasteiger partial charge in [-0.1, -0.05) is 20.3 Å². The summed E-state index contributed by atoms with van der Waals surface area (Å²) < 4.78 is 0. The third-order valence-electron chi connectivity index (χ3n) is 4.00. The minimum atomic E-state index is -1.00. The number of carbonyl (C=O) groups is 4. The molecule has 220 valence electrons. The number of guanidine groups is 1. The minimum absolute atomic E-state index is 0.0129. The minimum Gasteiger partial charge on any atom is -0.480 e. The first-order valence-corrected chi connectivity index (χ1v) is 11.6. The molecule has 18 N–H and O–H groups in total. The van der Waals surface area contributed by atoms with Gasteiger partial charge in [0.25, 0.3) is 0 Å². The zero-order chi connectivity index (χ0) is 30.1. The zero-order valence-corrected chi connectivity index (χ0v) is 22.0. The Morgan fingerprint density at radius 1 is 0.676 bits per heavy atom. The van der Waals surface area contributed by atoms with Crippen molar-refractivity contribution < 1.29 is 39.6 Å². The second-order valence-corrected chi connectivity index (χ2v) is 8.32. The van der Waals surface area contributed by atoms with Crippen LogP contribution in [0.1, 0.15) is 59.3 Å². The molecule has 0 heterocycles. The molecule has 0 saturated heterocycles. The first-order valence-electron chi connectivity index (χ1n) is 11.6. The van der Waals surface area contributed by atoms with Crippen molar-refractivity contribution in [1.29, 1.82) is 0 Å². The number of aliphatic imine (C=N–C) groups is 1. The third kappa shape index (κ3) is 37.7. The fraction of sp³-hybridized carbons (Fsp3) is 0.762. The Bertz CT molecular complexity index is 658. The summed E-state index contributed by atoms with van der Waals surface area (Å²) >= 11 is 0. The van der Waals surface area contributed by atoms with Gasteiger partial charge in [0.1, 0.15) is 24.2 Å². The predicted molar refractivity (Wildman–Crippen MR) is 140 cm³/mol. The van der Waals surface area contributed by atoms with E-state index < -0.39 is 48.0 Å². The molecule has 0 aliphatic carbocycles. The maximum Gasteiger partial charge on any atom is 0.320 e. The van der Waals surface area contributed by atoms with Crippen LogP contribution in [0.15, 0.2) is 4.99 Å². The second kappa shape index (κ2) is 26.0. The Morgan fingerprint density at radius 3 is 1.30 bits per heavy atom. The fourth-order valence-electron chi connectivity index (χ4n) is 1.88. The van der Waals surface area contributed by atoms with Gasteiger partial charge >= 0.3 is 23.9 Å². The summed E-state index contributed by atoms with van der Waals surface area (Å²) in [5.41, 5.74) is 35.8. The molecule has 37 heavy (non-hydrogen) atoms. The van der Waals surface area contributed by atoms with Gasteiger partial charge in [-0.25, -0.2) is 0 Å². The first-order chi connectivity index (χ1) is 16.9. The predicted octanol–water partition coefficient (Wildman–Crippen LogP) is -2.16. The van der Waals surface area contributed by atoms with Gasteiger partial charge in [-0.05, 0) is 51.5 Å². The molecule has 0 amide bonds. The van der Waals surface area contributed by atoms with E-state index in [1.165, 1.54) is 6.92 Å². The van der Waals surface area contributed by atoms with E-state index >= 15 is 0 Å². The number of rotatable bonds is 14. The fourth-order valence-corrected chi connectivity index (χ4v) is 1.88. The number of aliphatic carboxylic acids is 4. The molecular weight excluding hydrogens is 492 g/mol. The van der Waals surface area contributed by atoms with E-state index in [4.69, 9.17) is 60.6 Å². The molecule has 0 unspecified atom stereocenters. The molecule has 0 radical (unpaired) electrons. The van der Waals surface area contributed by atoms with E-state index in [1.54, 1.807) is 0 Å². The van der Waals surface area contributed by atoms with E-state index in [9.17, 15) is 19.2 Å². The van der Waals surface area contributed by atoms with Crippen LogP contribution in [0.4, 0.5) is 0 Å². The van der Waals surface area contributed by atoms with Crippen LogP contribution in [0.2, 0.25) is 0 Å². The molecule has 0 aromatic rings. The van der Waals surface area contributed by atoms with E-state index in [0.717, 1.165) is 12.8 Å². The van der Waals surface area contributed by atoms with Crippen molar-refractivity contribution in [3.05, 3.63) is 0 Å². The van der Waals surface area contributed by atoms with Crippen LogP contribution in [0, 0.1) is 5.92 Å². The highest BCUT2D eigenvalue weighted by molar-refractivity contribution is 5.75. The highest BCUT2D eigenvalue weighted by Gasteiger charge is 2.12. The molecule has 0 bridgehead atoms. The van der Waals surface area contributed by atoms with Gasteiger partial charge in [0, 0.05) is 6.54 Å². The molecule has 0 spiro atoms. The van der Waals surface area contributed by atoms with Crippen LogP contribution in [0.25, 0.3) is 0 Å². The summed E-state index contributed by atoms with van der Waals surface area (Å²) in [5, 5.41) is 32.9. The van der Waals surface area contributed by atoms with Crippen LogP contribution in [-0.4, -0.2) is 87.5 Å². The van der Waals surface area contributed by atoms with Crippen molar-refractivity contribution in [2.45, 2.75) is 83.5 Å². The number of carboxylic acids is 4. The molecule has 4 atom stereocenters. The van der Waals surface area contributed by atoms with Gasteiger partial charge in [-0.15, -0.1) is 0 Å². The number of hydrogen-bond donors (Lipinski definition) is 11. The summed E-state index contributed by atoms with van der Waals surface area (Å²) in [6, 6.07) is -2.96. The Morgan fingerprint density at radius 2 is 1.05 bits per heavy atom. The monoisotopic (exact) mass is 540 g/mol. The molecule has 0 fully saturated rings. The molecule has 0 saturated carbocycles. The lowest BCUT2D eigenvalue weighted by Gasteiger charge is -2.07. The number of unbranched alkanes of at least 4 members (excludes halogenated alkanes) is 1. The van der Waals surface area contributed by atoms with Crippen molar-refractivity contribution in [2.75, 3.05) is 13.1 Å². The van der Waals surface area contributed by atoms with Crippen molar-refractivity contribution >= 4 is 29.8 Å². The normalized spacial score (nSPS) is 13.0. The van der Waals surface area contributed by atoms with Gasteiger partial charge in [-0.2, -0.15) is 0 Å². The molecule has 0 aromatic carbocycles. The van der Waals surface area contributed by atoms with Crippen molar-refractivity contribution in [2.24, 2.45) is 51.0 Å². The maximum atomic E-state index is 10.2. The summed E-state index contributed by atoms with van der Waals surface area (Å²) in [7, 11) is 0. The average molecular weight is 541 g/mol. The summed E-state index contributed by atoms with van der Waals surface area (Å²) in [5.74, 6) is -3.44. The van der Waals surface area contributed by atoms with Crippen LogP contribution in [0.3, 0.4) is 0 Å². The highest BCUT2D eigenvalue weighted by Crippen LogP contribution is 2.01. The van der Waals surface area contributed by atoms with Gasteiger partial charge in [0.2, 0.25) is 0 Å². The van der Waals surface area contributed by atoms with E-state index in [0.29, 0.717) is 44.7 Å². The second-order valence-electron chi connectivity index (χ2n) is 8.32. The van der Waals surface area contributed by atoms with E-state index in [2.05, 4.69) is 4.99 Å². The van der Waals surface area contributed by atoms with Gasteiger partial charge in [0.15, 0.2) is 5.96 Å². The largest absolute Gasteiger partial charge is 0.480 e. The standard InChI is InChI=1S/C6H14N4O2.C6H14N2O2.C6H13NO2.C3H7NO2/c7-4(5(11)12)2-1-3-10-6(8)9;7-4-2-1-3-5(8)6(9)10;1-4(2)3-5(7)6(8)9;1-2(4)3(5)6/h4H,1-3,7H2,(H,11,12)(H4,8,9,10);5H,1-4,7-8H2,(H,9,10);4-5H,3,7H2,1-2H3,(H,8,9);2H,4H2,1H3,(H,5,6)/t4-;2*5-;2-/m0000/s1. The van der Waals surface area contributed by atoms with E-state index in [-0.39, 0.29) is 5.96 Å². The summed E-state index contributed by atoms with van der Waals surface area (Å²) in [6.45, 7) is 6.34. The van der Waals surface area contributed by atoms with Crippen LogP contribution < -0.4 is 40.1 Å². The average Bonchev–Trinajstić information content (AvgIpc) is 2.77. The smallest absolute Gasteiger partial charge is 0.320 e. The SMILES string of the molecule is CC(C)C[C@H](N)C(=O)O.C[C@H](N)C(=O)O.NC(N)=NCCC[C@H](N)C(=O)O.NCCCC[C@H](N)C(=O)O. The molecule has 16 nitrogen and oxygen atoms in total. The topological polar surface area (TPSA) is 344 Å². The Kier molecular flexibility index (Phi) is 28.9. The molecule has 0 rings (SSSR count). The lowest BCUT2D eigenvalue weighted by atomic mass is 10.1. The van der Waals surface area contributed by atoms with Crippen molar-refractivity contribution in [3.63, 3.8) is 0 Å². The molecule has 16 heteroatoms. The molecule has 0 aliphatic rings. The van der Waals surface area contributed by atoms with E-state index in [1.807, 2.05) is 13.8 Å². The molecule has 0 aliphatic heterocycles. The van der Waals surface area contributed by atoms with Gasteiger partial charge < -0.3 is 60.6 Å². The molecular formula is C21H48N8O8. The van der Waals surface area contributed by atoms with Crippen molar-refractivity contribution in [3.8, 4) is 0 Å². The molecule has 0 aromatic heterocycles. The highest BCUT2D eigenvalue weighted by atomic mass is 16.4. The van der Waals surface area contributed by atoms with Crippen molar-refractivity contribution in [1.82, 2.24) is 0 Å². The Labute approximate surface area is 217 Å². The first kappa shape index (κ1) is 41.1. The zero-order valence-electron chi connectivity index (χ0n) is 22.0. The number of hydrogen-bond acceptors (Lipinski definition) is 10. The van der Waals surface area contributed by atoms with Crippen LogP contribution >= 0.6 is 0 Å². The quantitative estimate of drug-likeness (QED) is 0.0634. The van der Waals surface area contributed by atoms with Crippen LogP contribution in [0.5, 0.6) is 0 Å². The maximum absolute atomic E-state index is 10.2. The number of carboxylic acid groups (broad SMARTS) is 4. The third-order valence-corrected chi connectivity index (χ3v) is 4.00.